The third kappa shape index (κ3) is 3.06. The summed E-state index contributed by atoms with van der Waals surface area (Å²) in [5.41, 5.74) is 2.41. The summed E-state index contributed by atoms with van der Waals surface area (Å²) in [6.45, 7) is 6.39. The number of anilines is 1. The maximum absolute atomic E-state index is 9.51. The van der Waals surface area contributed by atoms with E-state index in [9.17, 15) is 5.26 Å². The highest BCUT2D eigenvalue weighted by molar-refractivity contribution is 5.57. The van der Waals surface area contributed by atoms with E-state index in [1.54, 1.807) is 0 Å². The van der Waals surface area contributed by atoms with Crippen molar-refractivity contribution in [2.24, 2.45) is 0 Å². The Labute approximate surface area is 130 Å². The molecule has 2 aromatic heterocycles. The Hall–Kier alpha value is -2.49. The van der Waals surface area contributed by atoms with Gasteiger partial charge in [-0.25, -0.2) is 0 Å². The number of nitrogens with zero attached hydrogens (tertiary/aromatic N) is 6. The van der Waals surface area contributed by atoms with Crippen molar-refractivity contribution in [2.45, 2.75) is 46.6 Å². The second-order valence-electron chi connectivity index (χ2n) is 4.96. The zero-order valence-corrected chi connectivity index (χ0v) is 13.4. The molecule has 0 unspecified atom stereocenters. The number of nitriles is 1. The van der Waals surface area contributed by atoms with Crippen molar-refractivity contribution in [3.63, 3.8) is 0 Å². The van der Waals surface area contributed by atoms with E-state index in [-0.39, 0.29) is 0 Å². The molecule has 0 aromatic carbocycles. The van der Waals surface area contributed by atoms with Gasteiger partial charge in [-0.1, -0.05) is 25.9 Å². The zero-order chi connectivity index (χ0) is 16.1. The molecule has 0 radical (unpaired) electrons. The summed E-state index contributed by atoms with van der Waals surface area (Å²) in [7, 11) is 1.84. The van der Waals surface area contributed by atoms with Crippen LogP contribution in [0.15, 0.2) is 4.52 Å². The quantitative estimate of drug-likeness (QED) is 0.806. The summed E-state index contributed by atoms with van der Waals surface area (Å²) >= 11 is 0. The number of hydrogen-bond donors (Lipinski definition) is 0. The second-order valence-corrected chi connectivity index (χ2v) is 4.96. The van der Waals surface area contributed by atoms with E-state index in [4.69, 9.17) is 4.52 Å². The van der Waals surface area contributed by atoms with E-state index in [1.807, 2.05) is 32.7 Å². The predicted molar refractivity (Wildman–Crippen MR) is 81.3 cm³/mol. The highest BCUT2D eigenvalue weighted by Gasteiger charge is 2.19. The molecule has 0 fully saturated rings. The standard InChI is InChI=1S/C15H20N6O/c1-5-10-11(8-16)15(19-18-12(10)6-2)21(4)9-14-17-13(7-3)20-22-14/h5-7,9H2,1-4H3. The average molecular weight is 300 g/mol. The molecular weight excluding hydrogens is 280 g/mol. The maximum atomic E-state index is 9.51. The van der Waals surface area contributed by atoms with Crippen LogP contribution in [0, 0.1) is 11.3 Å². The predicted octanol–water partition coefficient (Wildman–Crippen LogP) is 2.05. The number of aromatic nitrogens is 4. The van der Waals surface area contributed by atoms with Crippen molar-refractivity contribution < 1.29 is 4.52 Å². The van der Waals surface area contributed by atoms with Gasteiger partial charge in [0.05, 0.1) is 12.2 Å². The summed E-state index contributed by atoms with van der Waals surface area (Å²) in [5, 5.41) is 21.8. The first kappa shape index (κ1) is 15.9. The number of rotatable bonds is 6. The van der Waals surface area contributed by atoms with E-state index in [0.29, 0.717) is 29.6 Å². The summed E-state index contributed by atoms with van der Waals surface area (Å²) in [6.07, 6.45) is 2.24. The topological polar surface area (TPSA) is 91.7 Å². The minimum absolute atomic E-state index is 0.394. The van der Waals surface area contributed by atoms with Crippen LogP contribution in [-0.2, 0) is 25.8 Å². The van der Waals surface area contributed by atoms with Crippen molar-refractivity contribution in [3.8, 4) is 6.07 Å². The van der Waals surface area contributed by atoms with Gasteiger partial charge in [-0.2, -0.15) is 15.3 Å². The first-order chi connectivity index (χ1) is 10.6. The van der Waals surface area contributed by atoms with Crippen molar-refractivity contribution in [1.82, 2.24) is 20.3 Å². The molecule has 0 bridgehead atoms. The van der Waals surface area contributed by atoms with Gasteiger partial charge in [0, 0.05) is 13.5 Å². The van der Waals surface area contributed by atoms with Crippen LogP contribution in [-0.4, -0.2) is 27.4 Å². The van der Waals surface area contributed by atoms with Gasteiger partial charge in [-0.3, -0.25) is 0 Å². The SMILES string of the molecule is CCc1noc(CN(C)c2nnc(CC)c(CC)c2C#N)n1. The molecule has 0 spiro atoms. The smallest absolute Gasteiger partial charge is 0.246 e. The summed E-state index contributed by atoms with van der Waals surface area (Å²) in [5.74, 6) is 1.72. The Morgan fingerprint density at radius 2 is 1.91 bits per heavy atom. The Kier molecular flexibility index (Phi) is 5.04. The Morgan fingerprint density at radius 3 is 2.45 bits per heavy atom. The molecule has 0 saturated heterocycles. The maximum Gasteiger partial charge on any atom is 0.246 e. The fourth-order valence-electron chi connectivity index (χ4n) is 2.32. The van der Waals surface area contributed by atoms with Crippen LogP contribution in [0.4, 0.5) is 5.82 Å². The number of aryl methyl sites for hydroxylation is 2. The van der Waals surface area contributed by atoms with Gasteiger partial charge in [0.1, 0.15) is 11.6 Å². The van der Waals surface area contributed by atoms with E-state index >= 15 is 0 Å². The van der Waals surface area contributed by atoms with E-state index in [1.165, 1.54) is 0 Å². The van der Waals surface area contributed by atoms with Crippen LogP contribution >= 0.6 is 0 Å². The molecule has 2 heterocycles. The van der Waals surface area contributed by atoms with Gasteiger partial charge in [0.2, 0.25) is 5.89 Å². The molecule has 7 nitrogen and oxygen atoms in total. The van der Waals surface area contributed by atoms with Crippen LogP contribution in [0.5, 0.6) is 0 Å². The third-order valence-electron chi connectivity index (χ3n) is 3.50. The largest absolute Gasteiger partial charge is 0.348 e. The molecule has 0 aliphatic heterocycles. The molecule has 0 atom stereocenters. The normalized spacial score (nSPS) is 10.5. The first-order valence-electron chi connectivity index (χ1n) is 7.45. The molecule has 22 heavy (non-hydrogen) atoms. The molecule has 2 aromatic rings. The summed E-state index contributed by atoms with van der Waals surface area (Å²) < 4.78 is 5.19. The van der Waals surface area contributed by atoms with Crippen molar-refractivity contribution >= 4 is 5.82 Å². The van der Waals surface area contributed by atoms with Gasteiger partial charge < -0.3 is 9.42 Å². The third-order valence-corrected chi connectivity index (χ3v) is 3.50. The van der Waals surface area contributed by atoms with E-state index < -0.39 is 0 Å². The fourth-order valence-corrected chi connectivity index (χ4v) is 2.32. The summed E-state index contributed by atoms with van der Waals surface area (Å²) in [6, 6.07) is 2.26. The van der Waals surface area contributed by atoms with Crippen LogP contribution in [0.25, 0.3) is 0 Å². The average Bonchev–Trinajstić information content (AvgIpc) is 3.00. The van der Waals surface area contributed by atoms with E-state index in [2.05, 4.69) is 26.4 Å². The zero-order valence-electron chi connectivity index (χ0n) is 13.4. The van der Waals surface area contributed by atoms with Crippen molar-refractivity contribution in [1.29, 1.82) is 5.26 Å². The van der Waals surface area contributed by atoms with Crippen molar-refractivity contribution in [2.75, 3.05) is 11.9 Å². The molecule has 116 valence electrons. The molecule has 7 heteroatoms. The van der Waals surface area contributed by atoms with Gasteiger partial charge in [-0.05, 0) is 18.4 Å². The van der Waals surface area contributed by atoms with Crippen LogP contribution in [0.1, 0.15) is 49.3 Å². The van der Waals surface area contributed by atoms with Crippen LogP contribution < -0.4 is 4.90 Å². The molecular formula is C15H20N6O. The Morgan fingerprint density at radius 1 is 1.14 bits per heavy atom. The molecule has 0 aliphatic carbocycles. The highest BCUT2D eigenvalue weighted by atomic mass is 16.5. The lowest BCUT2D eigenvalue weighted by atomic mass is 10.0. The Bertz CT molecular complexity index is 688. The number of hydrogen-bond acceptors (Lipinski definition) is 7. The Balaban J connectivity index is 2.33. The second kappa shape index (κ2) is 6.98. The van der Waals surface area contributed by atoms with Gasteiger partial charge in [-0.15, -0.1) is 5.10 Å². The van der Waals surface area contributed by atoms with Crippen molar-refractivity contribution in [3.05, 3.63) is 28.5 Å². The van der Waals surface area contributed by atoms with Gasteiger partial charge in [0.25, 0.3) is 0 Å². The molecule has 0 saturated carbocycles. The molecule has 0 aliphatic rings. The monoisotopic (exact) mass is 300 g/mol. The van der Waals surface area contributed by atoms with Gasteiger partial charge in [0.15, 0.2) is 11.6 Å². The first-order valence-corrected chi connectivity index (χ1v) is 7.45. The fraction of sp³-hybridized carbons (Fsp3) is 0.533. The lowest BCUT2D eigenvalue weighted by Crippen LogP contribution is -2.21. The lowest BCUT2D eigenvalue weighted by Gasteiger charge is -2.18. The molecule has 2 rings (SSSR count). The van der Waals surface area contributed by atoms with Crippen LogP contribution in [0.2, 0.25) is 0 Å². The van der Waals surface area contributed by atoms with Gasteiger partial charge >= 0.3 is 0 Å². The van der Waals surface area contributed by atoms with Crippen LogP contribution in [0.3, 0.4) is 0 Å². The highest BCUT2D eigenvalue weighted by Crippen LogP contribution is 2.23. The minimum atomic E-state index is 0.394. The minimum Gasteiger partial charge on any atom is -0.348 e. The van der Waals surface area contributed by atoms with E-state index in [0.717, 1.165) is 30.5 Å². The summed E-state index contributed by atoms with van der Waals surface area (Å²) in [4.78, 5) is 6.09. The molecule has 0 amide bonds. The lowest BCUT2D eigenvalue weighted by molar-refractivity contribution is 0.373. The molecule has 0 N–H and O–H groups in total.